The van der Waals surface area contributed by atoms with Crippen LogP contribution in [0.15, 0.2) is 0 Å². The van der Waals surface area contributed by atoms with E-state index in [2.05, 4.69) is 12.2 Å². The van der Waals surface area contributed by atoms with Crippen molar-refractivity contribution in [2.24, 2.45) is 17.3 Å². The SMILES string of the molecule is CCC1CNCC(C(=O)OC)C12COC2. The first-order chi connectivity index (χ1) is 7.24. The van der Waals surface area contributed by atoms with E-state index < -0.39 is 0 Å². The van der Waals surface area contributed by atoms with Gasteiger partial charge in [0.05, 0.1) is 26.2 Å². The zero-order valence-corrected chi connectivity index (χ0v) is 9.41. The van der Waals surface area contributed by atoms with Gasteiger partial charge in [0.15, 0.2) is 0 Å². The van der Waals surface area contributed by atoms with Crippen LogP contribution >= 0.6 is 0 Å². The van der Waals surface area contributed by atoms with Crippen molar-refractivity contribution >= 4 is 5.97 Å². The van der Waals surface area contributed by atoms with Crippen LogP contribution in [0.3, 0.4) is 0 Å². The minimum Gasteiger partial charge on any atom is -0.469 e. The predicted molar refractivity (Wildman–Crippen MR) is 55.4 cm³/mol. The third kappa shape index (κ3) is 1.56. The quantitative estimate of drug-likeness (QED) is 0.675. The fourth-order valence-electron chi connectivity index (χ4n) is 2.88. The molecule has 0 bridgehead atoms. The van der Waals surface area contributed by atoms with E-state index in [9.17, 15) is 4.79 Å². The summed E-state index contributed by atoms with van der Waals surface area (Å²) in [6.07, 6.45) is 1.09. The number of hydrogen-bond acceptors (Lipinski definition) is 4. The van der Waals surface area contributed by atoms with Crippen molar-refractivity contribution in [2.45, 2.75) is 13.3 Å². The van der Waals surface area contributed by atoms with E-state index in [-0.39, 0.29) is 17.3 Å². The van der Waals surface area contributed by atoms with Gasteiger partial charge in [-0.15, -0.1) is 0 Å². The van der Waals surface area contributed by atoms with Gasteiger partial charge in [-0.2, -0.15) is 0 Å². The van der Waals surface area contributed by atoms with E-state index in [4.69, 9.17) is 9.47 Å². The monoisotopic (exact) mass is 213 g/mol. The number of rotatable bonds is 2. The van der Waals surface area contributed by atoms with Gasteiger partial charge in [-0.05, 0) is 12.5 Å². The van der Waals surface area contributed by atoms with Gasteiger partial charge in [0.2, 0.25) is 0 Å². The number of carbonyl (C=O) groups excluding carboxylic acids is 1. The lowest BCUT2D eigenvalue weighted by Gasteiger charge is -2.53. The number of methoxy groups -OCH3 is 1. The lowest BCUT2D eigenvalue weighted by Crippen LogP contribution is -2.63. The Bertz CT molecular complexity index is 250. The molecule has 4 nitrogen and oxygen atoms in total. The van der Waals surface area contributed by atoms with E-state index in [1.807, 2.05) is 0 Å². The van der Waals surface area contributed by atoms with Crippen LogP contribution in [0.2, 0.25) is 0 Å². The Morgan fingerprint density at radius 3 is 2.73 bits per heavy atom. The maximum Gasteiger partial charge on any atom is 0.310 e. The maximum atomic E-state index is 11.7. The fourth-order valence-corrected chi connectivity index (χ4v) is 2.88. The van der Waals surface area contributed by atoms with E-state index in [1.54, 1.807) is 0 Å². The molecule has 0 aromatic rings. The first-order valence-corrected chi connectivity index (χ1v) is 5.61. The van der Waals surface area contributed by atoms with Crippen molar-refractivity contribution in [1.29, 1.82) is 0 Å². The molecule has 2 fully saturated rings. The molecule has 0 radical (unpaired) electrons. The lowest BCUT2D eigenvalue weighted by atomic mass is 9.62. The van der Waals surface area contributed by atoms with Crippen molar-refractivity contribution < 1.29 is 14.3 Å². The lowest BCUT2D eigenvalue weighted by molar-refractivity contribution is -0.202. The third-order valence-electron chi connectivity index (χ3n) is 3.97. The molecule has 2 unspecified atom stereocenters. The molecule has 4 heteroatoms. The van der Waals surface area contributed by atoms with Gasteiger partial charge in [0, 0.05) is 12.0 Å². The van der Waals surface area contributed by atoms with Gasteiger partial charge in [-0.25, -0.2) is 0 Å². The average molecular weight is 213 g/mol. The summed E-state index contributed by atoms with van der Waals surface area (Å²) in [5.41, 5.74) is 0.0487. The Morgan fingerprint density at radius 1 is 1.53 bits per heavy atom. The molecule has 1 spiro atoms. The normalized spacial score (nSPS) is 33.5. The first-order valence-electron chi connectivity index (χ1n) is 5.61. The number of hydrogen-bond donors (Lipinski definition) is 1. The minimum atomic E-state index is -0.0936. The van der Waals surface area contributed by atoms with Crippen LogP contribution in [-0.2, 0) is 14.3 Å². The van der Waals surface area contributed by atoms with Crippen molar-refractivity contribution in [1.82, 2.24) is 5.32 Å². The molecule has 1 N–H and O–H groups in total. The molecule has 0 aliphatic carbocycles. The van der Waals surface area contributed by atoms with Crippen molar-refractivity contribution in [3.05, 3.63) is 0 Å². The fraction of sp³-hybridized carbons (Fsp3) is 0.909. The second kappa shape index (κ2) is 4.10. The first kappa shape index (κ1) is 10.9. The standard InChI is InChI=1S/C11H19NO3/c1-3-8-4-12-5-9(10(13)14-2)11(8)6-15-7-11/h8-9,12H,3-7H2,1-2H3. The predicted octanol–water partition coefficient (Wildman–Crippen LogP) is 0.422. The summed E-state index contributed by atoms with van der Waals surface area (Å²) in [5, 5.41) is 3.32. The van der Waals surface area contributed by atoms with Gasteiger partial charge in [-0.1, -0.05) is 13.3 Å². The molecular formula is C11H19NO3. The highest BCUT2D eigenvalue weighted by Gasteiger charge is 2.55. The Labute approximate surface area is 90.3 Å². The van der Waals surface area contributed by atoms with Gasteiger partial charge in [0.1, 0.15) is 0 Å². The maximum absolute atomic E-state index is 11.7. The van der Waals surface area contributed by atoms with Crippen molar-refractivity contribution in [3.63, 3.8) is 0 Å². The number of nitrogens with one attached hydrogen (secondary N) is 1. The molecule has 0 saturated carbocycles. The summed E-state index contributed by atoms with van der Waals surface area (Å²) in [7, 11) is 1.46. The second-order valence-corrected chi connectivity index (χ2v) is 4.57. The number of carbonyl (C=O) groups is 1. The van der Waals surface area contributed by atoms with Gasteiger partial charge in [0.25, 0.3) is 0 Å². The average Bonchev–Trinajstić information content (AvgIpc) is 2.24. The molecular weight excluding hydrogens is 194 g/mol. The van der Waals surface area contributed by atoms with Crippen molar-refractivity contribution in [3.8, 4) is 0 Å². The highest BCUT2D eigenvalue weighted by molar-refractivity contribution is 5.74. The number of piperidine rings is 1. The molecule has 0 aromatic heterocycles. The highest BCUT2D eigenvalue weighted by atomic mass is 16.5. The highest BCUT2D eigenvalue weighted by Crippen LogP contribution is 2.46. The van der Waals surface area contributed by atoms with Crippen LogP contribution in [0.5, 0.6) is 0 Å². The second-order valence-electron chi connectivity index (χ2n) is 4.57. The molecule has 86 valence electrons. The summed E-state index contributed by atoms with van der Waals surface area (Å²) in [6, 6.07) is 0. The smallest absolute Gasteiger partial charge is 0.310 e. The zero-order valence-electron chi connectivity index (χ0n) is 9.41. The Hall–Kier alpha value is -0.610. The molecule has 2 aliphatic heterocycles. The molecule has 0 aromatic carbocycles. The molecule has 2 heterocycles. The summed E-state index contributed by atoms with van der Waals surface area (Å²) in [4.78, 5) is 11.7. The molecule has 2 atom stereocenters. The Kier molecular flexibility index (Phi) is 2.98. The van der Waals surface area contributed by atoms with Crippen LogP contribution in [0.1, 0.15) is 13.3 Å². The molecule has 2 saturated heterocycles. The van der Waals surface area contributed by atoms with Crippen LogP contribution in [0.25, 0.3) is 0 Å². The van der Waals surface area contributed by atoms with Gasteiger partial charge in [-0.3, -0.25) is 4.79 Å². The van der Waals surface area contributed by atoms with E-state index >= 15 is 0 Å². The van der Waals surface area contributed by atoms with E-state index in [0.717, 1.165) is 19.5 Å². The van der Waals surface area contributed by atoms with Gasteiger partial charge < -0.3 is 14.8 Å². The van der Waals surface area contributed by atoms with Crippen LogP contribution < -0.4 is 5.32 Å². The molecule has 2 rings (SSSR count). The van der Waals surface area contributed by atoms with Gasteiger partial charge >= 0.3 is 5.97 Å². The Morgan fingerprint density at radius 2 is 2.27 bits per heavy atom. The van der Waals surface area contributed by atoms with Crippen LogP contribution in [0.4, 0.5) is 0 Å². The molecule has 15 heavy (non-hydrogen) atoms. The Balaban J connectivity index is 2.18. The topological polar surface area (TPSA) is 47.6 Å². The molecule has 0 amide bonds. The van der Waals surface area contributed by atoms with E-state index in [0.29, 0.717) is 19.1 Å². The molecule has 2 aliphatic rings. The summed E-state index contributed by atoms with van der Waals surface area (Å²) >= 11 is 0. The largest absolute Gasteiger partial charge is 0.469 e. The van der Waals surface area contributed by atoms with Crippen molar-refractivity contribution in [2.75, 3.05) is 33.4 Å². The van der Waals surface area contributed by atoms with E-state index in [1.165, 1.54) is 7.11 Å². The summed E-state index contributed by atoms with van der Waals surface area (Å²) < 4.78 is 10.2. The zero-order chi connectivity index (χ0) is 10.9. The number of ether oxygens (including phenoxy) is 2. The minimum absolute atomic E-state index is 0.0325. The third-order valence-corrected chi connectivity index (χ3v) is 3.97. The summed E-state index contributed by atoms with van der Waals surface area (Å²) in [5.74, 6) is 0.406. The number of esters is 1. The van der Waals surface area contributed by atoms with Crippen LogP contribution in [0, 0.1) is 17.3 Å². The van der Waals surface area contributed by atoms with Crippen LogP contribution in [-0.4, -0.2) is 39.4 Å². The summed E-state index contributed by atoms with van der Waals surface area (Å²) in [6.45, 7) is 5.33.